The van der Waals surface area contributed by atoms with Gasteiger partial charge in [0.1, 0.15) is 36.8 Å². The second-order valence-electron chi connectivity index (χ2n) is 16.4. The van der Waals surface area contributed by atoms with Gasteiger partial charge in [-0.3, -0.25) is 23.0 Å². The molecule has 5 heterocycles. The summed E-state index contributed by atoms with van der Waals surface area (Å²) in [4.78, 5) is 77.9. The third-order valence-corrected chi connectivity index (χ3v) is 13.1. The van der Waals surface area contributed by atoms with Gasteiger partial charge in [0.2, 0.25) is 11.9 Å². The Balaban J connectivity index is 0.901. The van der Waals surface area contributed by atoms with Crippen LogP contribution in [0.25, 0.3) is 33.3 Å². The third kappa shape index (κ3) is 15.5. The number of benzene rings is 1. The summed E-state index contributed by atoms with van der Waals surface area (Å²) < 4.78 is 78.1. The normalized spacial score (nSPS) is 17.7. The highest BCUT2D eigenvalue weighted by Gasteiger charge is 2.50. The van der Waals surface area contributed by atoms with E-state index in [9.17, 15) is 42.0 Å². The Labute approximate surface area is 396 Å². The number of hydrogen-bond acceptors (Lipinski definition) is 17. The smallest absolute Gasteiger partial charge is 0.422 e. The van der Waals surface area contributed by atoms with Crippen molar-refractivity contribution in [3.63, 3.8) is 0 Å². The topological polar surface area (TPSA) is 365 Å². The summed E-state index contributed by atoms with van der Waals surface area (Å²) in [5.41, 5.74) is 8.14. The molecular formula is C41H58N9O16P2S+. The lowest BCUT2D eigenvalue weighted by Gasteiger charge is -2.23. The van der Waals surface area contributed by atoms with E-state index in [1.807, 2.05) is 25.1 Å². The Hall–Kier alpha value is -4.95. The molecule has 1 aliphatic heterocycles. The number of nitrogen functional groups attached to an aromatic ring is 1. The Morgan fingerprint density at radius 1 is 0.971 bits per heavy atom. The van der Waals surface area contributed by atoms with Crippen molar-refractivity contribution in [1.82, 2.24) is 24.8 Å². The third-order valence-electron chi connectivity index (χ3n) is 11.3. The monoisotopic (exact) mass is 1030 g/mol. The van der Waals surface area contributed by atoms with Crippen molar-refractivity contribution in [2.45, 2.75) is 95.8 Å². The maximum absolute atomic E-state index is 13.0. The van der Waals surface area contributed by atoms with Gasteiger partial charge in [-0.15, -0.1) is 0 Å². The van der Waals surface area contributed by atoms with E-state index in [0.29, 0.717) is 49.2 Å². The molecule has 28 heteroatoms. The first-order valence-electron chi connectivity index (χ1n) is 22.2. The van der Waals surface area contributed by atoms with E-state index in [2.05, 4.69) is 35.0 Å². The first-order chi connectivity index (χ1) is 32.7. The lowest BCUT2D eigenvalue weighted by atomic mass is 10.1. The number of aliphatic hydroxyl groups is 1. The minimum absolute atomic E-state index is 0.0229. The van der Waals surface area contributed by atoms with Crippen LogP contribution in [-0.4, -0.2) is 120 Å². The lowest BCUT2D eigenvalue weighted by molar-refractivity contribution is -0.696. The van der Waals surface area contributed by atoms with Gasteiger partial charge in [0, 0.05) is 73.9 Å². The molecule has 0 spiro atoms. The largest absolute Gasteiger partial charge is 0.470 e. The molecule has 0 saturated carbocycles. The second-order valence-corrected chi connectivity index (χ2v) is 20.4. The molecule has 69 heavy (non-hydrogen) atoms. The van der Waals surface area contributed by atoms with Crippen molar-refractivity contribution in [1.29, 1.82) is 0 Å². The zero-order valence-electron chi connectivity index (χ0n) is 37.6. The number of nitrogens with zero attached hydrogens (tertiary/aromatic N) is 6. The van der Waals surface area contributed by atoms with Gasteiger partial charge < -0.3 is 55.1 Å². The molecule has 0 bridgehead atoms. The number of nitrogens with two attached hydrogens (primary N) is 1. The number of unbranched alkanes of at least 4 members (excludes halogenated alkanes) is 5. The number of ether oxygens (including phenoxy) is 1. The summed E-state index contributed by atoms with van der Waals surface area (Å²) in [6.07, 6.45) is 3.99. The number of hydrogen-bond donors (Lipinski definition) is 9. The Bertz CT molecular complexity index is 2810. The Kier molecular flexibility index (Phi) is 18.4. The Morgan fingerprint density at radius 2 is 1.70 bits per heavy atom. The van der Waals surface area contributed by atoms with Crippen LogP contribution in [0.15, 0.2) is 64.3 Å². The van der Waals surface area contributed by atoms with E-state index in [1.165, 1.54) is 4.57 Å². The summed E-state index contributed by atoms with van der Waals surface area (Å²) >= 11 is 0. The molecule has 5 aromatic rings. The predicted molar refractivity (Wildman–Crippen MR) is 250 cm³/mol. The molecule has 6 rings (SSSR count). The van der Waals surface area contributed by atoms with Crippen LogP contribution in [0.2, 0.25) is 0 Å². The summed E-state index contributed by atoms with van der Waals surface area (Å²) in [6.45, 7) is 3.92. The van der Waals surface area contributed by atoms with E-state index in [-0.39, 0.29) is 41.0 Å². The Morgan fingerprint density at radius 3 is 2.39 bits per heavy atom. The van der Waals surface area contributed by atoms with Crippen molar-refractivity contribution in [2.24, 2.45) is 0 Å². The van der Waals surface area contributed by atoms with Crippen molar-refractivity contribution in [3.8, 4) is 11.1 Å². The molecule has 1 aromatic carbocycles. The van der Waals surface area contributed by atoms with Crippen LogP contribution in [0.4, 0.5) is 17.5 Å². The standard InChI is InChI=1S/C41H57N9O16P2S/c1-2-49(29-13-12-28-23-30(40(53)65-31(28)24-29)27-14-20-48(21-15-27)18-10-22-69(60,61)62)19-9-5-6-11-33(51)43-16-7-3-4-8-17-44-41-47-34-37(42)45-26-46-38(34)50(41)39-36(66-68(57,58)59)35(52)32(64-39)25-63-67(54,55)56/h12-15,20-21,23-24,26,32,35-36,39,52H,2-11,16-19,22,25H2,1H3,(H8-,42,43,44,45,46,47,51,54,55,56,57,58,59,60,61,62)/p+1/t32-,35-,36-,39-/m1/s1. The van der Waals surface area contributed by atoms with E-state index < -0.39 is 62.5 Å². The number of phosphoric acid groups is 2. The molecule has 1 amide bonds. The van der Waals surface area contributed by atoms with Gasteiger partial charge in [0.15, 0.2) is 35.6 Å². The first kappa shape index (κ1) is 53.4. The van der Waals surface area contributed by atoms with Gasteiger partial charge in [-0.1, -0.05) is 19.3 Å². The molecule has 0 unspecified atom stereocenters. The molecule has 378 valence electrons. The average Bonchev–Trinajstić information content (AvgIpc) is 3.79. The number of aliphatic hydroxyl groups excluding tert-OH is 1. The fourth-order valence-electron chi connectivity index (χ4n) is 7.87. The summed E-state index contributed by atoms with van der Waals surface area (Å²) in [7, 11) is -14.3. The van der Waals surface area contributed by atoms with E-state index in [0.717, 1.165) is 69.0 Å². The number of imidazole rings is 1. The predicted octanol–water partition coefficient (Wildman–Crippen LogP) is 2.77. The van der Waals surface area contributed by atoms with Crippen LogP contribution in [0, 0.1) is 0 Å². The number of pyridine rings is 1. The molecule has 10 N–H and O–H groups in total. The minimum Gasteiger partial charge on any atom is -0.422 e. The number of aryl methyl sites for hydroxylation is 1. The summed E-state index contributed by atoms with van der Waals surface area (Å²) in [6, 6.07) is 11.0. The molecule has 1 aliphatic rings. The number of amides is 1. The maximum Gasteiger partial charge on any atom is 0.470 e. The highest BCUT2D eigenvalue weighted by atomic mass is 32.2. The lowest BCUT2D eigenvalue weighted by Crippen LogP contribution is -2.35. The number of rotatable bonds is 27. The van der Waals surface area contributed by atoms with E-state index >= 15 is 0 Å². The number of carbonyl (C=O) groups is 1. The van der Waals surface area contributed by atoms with E-state index in [4.69, 9.17) is 33.8 Å². The molecule has 0 radical (unpaired) electrons. The molecule has 1 saturated heterocycles. The minimum atomic E-state index is -5.24. The molecule has 4 atom stereocenters. The summed E-state index contributed by atoms with van der Waals surface area (Å²) in [5, 5.41) is 17.7. The van der Waals surface area contributed by atoms with Gasteiger partial charge in [-0.05, 0) is 50.8 Å². The number of nitrogens with one attached hydrogen (secondary N) is 2. The van der Waals surface area contributed by atoms with Gasteiger partial charge in [-0.25, -0.2) is 33.4 Å². The average molecular weight is 1030 g/mol. The summed E-state index contributed by atoms with van der Waals surface area (Å²) in [5.74, 6) is -0.314. The number of carbonyl (C=O) groups excluding carboxylic acids is 1. The van der Waals surface area contributed by atoms with Crippen molar-refractivity contribution in [2.75, 3.05) is 54.5 Å². The number of anilines is 3. The van der Waals surface area contributed by atoms with Gasteiger partial charge >= 0.3 is 21.3 Å². The molecule has 25 nitrogen and oxygen atoms in total. The molecule has 1 fully saturated rings. The quantitative estimate of drug-likeness (QED) is 0.0120. The van der Waals surface area contributed by atoms with Gasteiger partial charge in [-0.2, -0.15) is 8.42 Å². The van der Waals surface area contributed by atoms with Gasteiger partial charge in [0.05, 0.1) is 17.9 Å². The number of fused-ring (bicyclic) bond motifs is 2. The van der Waals surface area contributed by atoms with Crippen molar-refractivity contribution < 1.29 is 74.3 Å². The highest BCUT2D eigenvalue weighted by molar-refractivity contribution is 7.85. The van der Waals surface area contributed by atoms with Crippen LogP contribution in [0.1, 0.15) is 70.9 Å². The number of aromatic nitrogens is 5. The molecular weight excluding hydrogens is 969 g/mol. The van der Waals surface area contributed by atoms with Gasteiger partial charge in [0.25, 0.3) is 10.1 Å². The van der Waals surface area contributed by atoms with Crippen molar-refractivity contribution in [3.05, 3.63) is 65.5 Å². The second kappa shape index (κ2) is 23.8. The fourth-order valence-corrected chi connectivity index (χ4v) is 9.25. The van der Waals surface area contributed by atoms with Crippen molar-refractivity contribution >= 4 is 71.3 Å². The van der Waals surface area contributed by atoms with Crippen LogP contribution < -0.4 is 31.5 Å². The number of phosphoric ester groups is 2. The zero-order chi connectivity index (χ0) is 49.9. The van der Waals surface area contributed by atoms with E-state index in [1.54, 1.807) is 35.2 Å². The molecule has 0 aliphatic carbocycles. The van der Waals surface area contributed by atoms with Crippen LogP contribution >= 0.6 is 15.6 Å². The first-order valence-corrected chi connectivity index (χ1v) is 26.9. The SMILES string of the molecule is CCN(CCCCCC(=O)NCCCCCCNc1nc2c(N)ncnc2n1[C@@H]1O[C@H](COP(=O)(O)O)[C@@H](O)[C@H]1OP(=O)(O)O)c1ccc2cc(-c3cc[n+](CCCS(=O)(=O)O)cc3)c(=O)oc2c1. The van der Waals surface area contributed by atoms with Crippen LogP contribution in [-0.2, 0) is 44.4 Å². The van der Waals surface area contributed by atoms with Crippen LogP contribution in [0.3, 0.4) is 0 Å². The zero-order valence-corrected chi connectivity index (χ0v) is 40.3. The fraction of sp³-hybridized carbons (Fsp3) is 0.512. The molecule has 4 aromatic heterocycles. The maximum atomic E-state index is 13.0. The highest BCUT2D eigenvalue weighted by Crippen LogP contribution is 2.47. The van der Waals surface area contributed by atoms with Crippen LogP contribution in [0.5, 0.6) is 0 Å².